The number of H-pyrrole nitrogens is 2. The van der Waals surface area contributed by atoms with Crippen molar-refractivity contribution in [1.29, 1.82) is 0 Å². The zero-order valence-corrected chi connectivity index (χ0v) is 9.86. The molecule has 1 aromatic carbocycles. The molecule has 19 heavy (non-hydrogen) atoms. The van der Waals surface area contributed by atoms with Crippen LogP contribution in [0.4, 0.5) is 0 Å². The van der Waals surface area contributed by atoms with Crippen LogP contribution in [0.3, 0.4) is 0 Å². The van der Waals surface area contributed by atoms with Crippen LogP contribution in [0.2, 0.25) is 0 Å². The summed E-state index contributed by atoms with van der Waals surface area (Å²) in [5, 5.41) is 7.49. The number of ether oxygens (including phenoxy) is 2. The van der Waals surface area contributed by atoms with Crippen LogP contribution in [0.5, 0.6) is 11.5 Å². The first kappa shape index (κ1) is 11.4. The van der Waals surface area contributed by atoms with Crippen LogP contribution in [0, 0.1) is 0 Å². The number of benzene rings is 1. The van der Waals surface area contributed by atoms with Crippen molar-refractivity contribution >= 4 is 5.91 Å². The Balaban J connectivity index is 1.66. The zero-order chi connectivity index (χ0) is 13.2. The van der Waals surface area contributed by atoms with Gasteiger partial charge in [0.05, 0.1) is 0 Å². The summed E-state index contributed by atoms with van der Waals surface area (Å²) in [6, 6.07) is 6.65. The number of carbonyl (C=O) groups is 1. The molecule has 0 bridgehead atoms. The number of nitrogens with one attached hydrogen (secondary N) is 3. The number of carbonyl (C=O) groups excluding carboxylic acids is 1. The van der Waals surface area contributed by atoms with E-state index < -0.39 is 0 Å². The van der Waals surface area contributed by atoms with Crippen LogP contribution < -0.4 is 20.3 Å². The molecule has 0 radical (unpaired) electrons. The van der Waals surface area contributed by atoms with E-state index in [0.717, 1.165) is 5.56 Å². The maximum absolute atomic E-state index is 11.7. The lowest BCUT2D eigenvalue weighted by molar-refractivity contribution is 0.0946. The fraction of sp³-hybridized carbons (Fsp3) is 0.167. The predicted octanol–water partition coefficient (Wildman–Crippen LogP) is 0.362. The molecule has 1 aliphatic rings. The summed E-state index contributed by atoms with van der Waals surface area (Å²) in [6.45, 7) is 0.554. The minimum atomic E-state index is -0.351. The molecular formula is C12H11N3O4. The van der Waals surface area contributed by atoms with Crippen LogP contribution in [-0.4, -0.2) is 22.9 Å². The molecule has 1 amide bonds. The molecule has 2 heterocycles. The van der Waals surface area contributed by atoms with Gasteiger partial charge in [-0.05, 0) is 17.7 Å². The molecule has 0 spiro atoms. The largest absolute Gasteiger partial charge is 0.454 e. The van der Waals surface area contributed by atoms with Gasteiger partial charge >= 0.3 is 0 Å². The Bertz CT molecular complexity index is 674. The fourth-order valence-electron chi connectivity index (χ4n) is 1.78. The van der Waals surface area contributed by atoms with Crippen molar-refractivity contribution in [2.45, 2.75) is 6.54 Å². The molecule has 7 heteroatoms. The first-order valence-corrected chi connectivity index (χ1v) is 5.67. The molecular weight excluding hydrogens is 250 g/mol. The summed E-state index contributed by atoms with van der Waals surface area (Å²) >= 11 is 0. The first-order valence-electron chi connectivity index (χ1n) is 5.67. The van der Waals surface area contributed by atoms with Crippen molar-refractivity contribution in [3.8, 4) is 11.5 Å². The summed E-state index contributed by atoms with van der Waals surface area (Å²) in [6.07, 6.45) is 0. The fourth-order valence-corrected chi connectivity index (χ4v) is 1.78. The predicted molar refractivity (Wildman–Crippen MR) is 65.1 cm³/mol. The third-order valence-electron chi connectivity index (χ3n) is 2.73. The Morgan fingerprint density at radius 3 is 2.84 bits per heavy atom. The van der Waals surface area contributed by atoms with E-state index in [9.17, 15) is 9.59 Å². The number of amides is 1. The average Bonchev–Trinajstić information content (AvgIpc) is 3.03. The molecule has 0 atom stereocenters. The van der Waals surface area contributed by atoms with Gasteiger partial charge in [0, 0.05) is 12.6 Å². The Hall–Kier alpha value is -2.70. The van der Waals surface area contributed by atoms with Crippen molar-refractivity contribution < 1.29 is 14.3 Å². The number of rotatable bonds is 3. The third-order valence-corrected chi connectivity index (χ3v) is 2.73. The summed E-state index contributed by atoms with van der Waals surface area (Å²) in [5.74, 6) is 1.02. The highest BCUT2D eigenvalue weighted by Gasteiger charge is 2.14. The second-order valence-electron chi connectivity index (χ2n) is 4.04. The van der Waals surface area contributed by atoms with Crippen molar-refractivity contribution in [3.63, 3.8) is 0 Å². The van der Waals surface area contributed by atoms with E-state index in [-0.39, 0.29) is 24.0 Å². The lowest BCUT2D eigenvalue weighted by Crippen LogP contribution is -2.23. The van der Waals surface area contributed by atoms with Crippen LogP contribution >= 0.6 is 0 Å². The highest BCUT2D eigenvalue weighted by molar-refractivity contribution is 5.92. The maximum atomic E-state index is 11.7. The summed E-state index contributed by atoms with van der Waals surface area (Å²) in [7, 11) is 0. The van der Waals surface area contributed by atoms with E-state index in [4.69, 9.17) is 9.47 Å². The van der Waals surface area contributed by atoms with Gasteiger partial charge in [-0.25, -0.2) is 0 Å². The SMILES string of the molecule is O=C(NCc1ccc2c(c1)OCO2)c1cc(=O)[nH][nH]1. The second kappa shape index (κ2) is 4.52. The minimum Gasteiger partial charge on any atom is -0.454 e. The van der Waals surface area contributed by atoms with Crippen LogP contribution in [0.1, 0.15) is 16.1 Å². The Kier molecular flexibility index (Phi) is 2.71. The molecule has 0 unspecified atom stereocenters. The molecule has 3 rings (SSSR count). The van der Waals surface area contributed by atoms with Gasteiger partial charge in [0.25, 0.3) is 11.5 Å². The minimum absolute atomic E-state index is 0.200. The van der Waals surface area contributed by atoms with Gasteiger partial charge in [-0.15, -0.1) is 0 Å². The molecule has 0 saturated carbocycles. The second-order valence-corrected chi connectivity index (χ2v) is 4.04. The van der Waals surface area contributed by atoms with Crippen molar-refractivity contribution in [3.05, 3.63) is 45.9 Å². The molecule has 1 aromatic heterocycles. The third kappa shape index (κ3) is 2.30. The van der Waals surface area contributed by atoms with E-state index in [1.54, 1.807) is 6.07 Å². The molecule has 3 N–H and O–H groups in total. The lowest BCUT2D eigenvalue weighted by Gasteiger charge is -2.04. The molecule has 1 aliphatic heterocycles. The Morgan fingerprint density at radius 2 is 2.05 bits per heavy atom. The van der Waals surface area contributed by atoms with E-state index in [1.807, 2.05) is 12.1 Å². The number of hydrogen-bond acceptors (Lipinski definition) is 4. The van der Waals surface area contributed by atoms with Gasteiger partial charge in [-0.1, -0.05) is 6.07 Å². The quantitative estimate of drug-likeness (QED) is 0.743. The van der Waals surface area contributed by atoms with Crippen molar-refractivity contribution in [2.24, 2.45) is 0 Å². The molecule has 0 aliphatic carbocycles. The first-order chi connectivity index (χ1) is 9.22. The zero-order valence-electron chi connectivity index (χ0n) is 9.86. The van der Waals surface area contributed by atoms with Gasteiger partial charge in [-0.2, -0.15) is 0 Å². The van der Waals surface area contributed by atoms with E-state index in [0.29, 0.717) is 18.0 Å². The van der Waals surface area contributed by atoms with Crippen LogP contribution in [0.15, 0.2) is 29.1 Å². The Labute approximate surface area is 107 Å². The van der Waals surface area contributed by atoms with Gasteiger partial charge < -0.3 is 14.8 Å². The average molecular weight is 261 g/mol. The molecule has 2 aromatic rings. The summed E-state index contributed by atoms with van der Waals surface area (Å²) in [5.41, 5.74) is 0.745. The summed E-state index contributed by atoms with van der Waals surface area (Å²) < 4.78 is 10.4. The van der Waals surface area contributed by atoms with Crippen molar-refractivity contribution in [1.82, 2.24) is 15.5 Å². The number of aromatic nitrogens is 2. The van der Waals surface area contributed by atoms with Crippen LogP contribution in [0.25, 0.3) is 0 Å². The number of fused-ring (bicyclic) bond motifs is 1. The highest BCUT2D eigenvalue weighted by atomic mass is 16.7. The number of hydrogen-bond donors (Lipinski definition) is 3. The van der Waals surface area contributed by atoms with E-state index in [2.05, 4.69) is 15.5 Å². The standard InChI is InChI=1S/C12H11N3O4/c16-11-4-8(14-15-11)12(17)13-5-7-1-2-9-10(3-7)19-6-18-9/h1-4H,5-6H2,(H,13,17)(H2,14,15,16). The van der Waals surface area contributed by atoms with Crippen molar-refractivity contribution in [2.75, 3.05) is 6.79 Å². The molecule has 0 saturated heterocycles. The van der Waals surface area contributed by atoms with Gasteiger partial charge in [-0.3, -0.25) is 19.8 Å². The topological polar surface area (TPSA) is 96.2 Å². The summed E-state index contributed by atoms with van der Waals surface area (Å²) in [4.78, 5) is 22.6. The van der Waals surface area contributed by atoms with E-state index in [1.165, 1.54) is 6.07 Å². The van der Waals surface area contributed by atoms with Crippen LogP contribution in [-0.2, 0) is 6.54 Å². The van der Waals surface area contributed by atoms with Gasteiger partial charge in [0.2, 0.25) is 6.79 Å². The highest BCUT2D eigenvalue weighted by Crippen LogP contribution is 2.32. The number of aromatic amines is 2. The Morgan fingerprint density at radius 1 is 1.21 bits per heavy atom. The van der Waals surface area contributed by atoms with Gasteiger partial charge in [0.15, 0.2) is 11.5 Å². The molecule has 0 fully saturated rings. The normalized spacial score (nSPS) is 12.4. The molecule has 98 valence electrons. The van der Waals surface area contributed by atoms with E-state index >= 15 is 0 Å². The maximum Gasteiger partial charge on any atom is 0.269 e. The monoisotopic (exact) mass is 261 g/mol. The molecule has 7 nitrogen and oxygen atoms in total. The van der Waals surface area contributed by atoms with Gasteiger partial charge in [0.1, 0.15) is 5.69 Å². The smallest absolute Gasteiger partial charge is 0.269 e. The lowest BCUT2D eigenvalue weighted by atomic mass is 10.2.